The number of carbonyl (C=O) groups is 1. The molecule has 124 valence electrons. The maximum Gasteiger partial charge on any atom is 0.251 e. The summed E-state index contributed by atoms with van der Waals surface area (Å²) < 4.78 is 0. The van der Waals surface area contributed by atoms with Crippen molar-refractivity contribution in [1.82, 2.24) is 5.32 Å². The molecule has 1 aromatic carbocycles. The van der Waals surface area contributed by atoms with E-state index in [-0.39, 0.29) is 12.5 Å². The average Bonchev–Trinajstić information content (AvgIpc) is 3.28. The molecule has 0 fully saturated rings. The van der Waals surface area contributed by atoms with E-state index >= 15 is 0 Å². The first-order valence-corrected chi connectivity index (χ1v) is 9.61. The highest BCUT2D eigenvalue weighted by molar-refractivity contribution is 7.10. The Morgan fingerprint density at radius 3 is 2.62 bits per heavy atom. The van der Waals surface area contributed by atoms with E-state index in [1.54, 1.807) is 12.1 Å². The van der Waals surface area contributed by atoms with Crippen molar-refractivity contribution in [3.8, 4) is 0 Å². The molecule has 0 saturated carbocycles. The van der Waals surface area contributed by atoms with Gasteiger partial charge < -0.3 is 10.4 Å². The Bertz CT molecular complexity index is 798. The number of hydrogen-bond acceptors (Lipinski definition) is 4. The molecule has 0 spiro atoms. The van der Waals surface area contributed by atoms with Crippen LogP contribution in [0, 0.1) is 0 Å². The topological polar surface area (TPSA) is 49.3 Å². The molecule has 2 N–H and O–H groups in total. The fourth-order valence-electron chi connectivity index (χ4n) is 2.29. The minimum absolute atomic E-state index is 0.0589. The number of halogens is 2. The number of benzene rings is 1. The summed E-state index contributed by atoms with van der Waals surface area (Å²) in [6.45, 7) is 0.0589. The second-order valence-corrected chi connectivity index (χ2v) is 7.70. The molecule has 0 bridgehead atoms. The van der Waals surface area contributed by atoms with E-state index in [2.05, 4.69) is 5.32 Å². The van der Waals surface area contributed by atoms with Crippen LogP contribution in [0.3, 0.4) is 0 Å². The van der Waals surface area contributed by atoms with Crippen molar-refractivity contribution in [2.75, 3.05) is 6.54 Å². The van der Waals surface area contributed by atoms with Crippen LogP contribution < -0.4 is 5.32 Å². The van der Waals surface area contributed by atoms with Gasteiger partial charge in [-0.15, -0.1) is 11.3 Å². The maximum atomic E-state index is 12.4. The number of rotatable bonds is 5. The van der Waals surface area contributed by atoms with Crippen LogP contribution >= 0.6 is 45.9 Å². The number of carbonyl (C=O) groups excluding carboxylic acids is 1. The number of nitrogens with one attached hydrogen (secondary N) is 1. The van der Waals surface area contributed by atoms with Crippen LogP contribution in [-0.4, -0.2) is 17.6 Å². The molecule has 0 aliphatic heterocycles. The molecule has 0 radical (unpaired) electrons. The zero-order valence-electron chi connectivity index (χ0n) is 12.3. The van der Waals surface area contributed by atoms with Crippen LogP contribution in [0.2, 0.25) is 10.0 Å². The molecular weight excluding hydrogens is 385 g/mol. The van der Waals surface area contributed by atoms with E-state index in [0.717, 1.165) is 10.4 Å². The Morgan fingerprint density at radius 1 is 1.17 bits per heavy atom. The SMILES string of the molecule is O=C(NCC(O)(c1ccsc1)c1cccs1)c1ccc(Cl)c(Cl)c1. The lowest BCUT2D eigenvalue weighted by Crippen LogP contribution is -2.41. The Balaban J connectivity index is 1.82. The zero-order chi connectivity index (χ0) is 17.2. The number of hydrogen-bond donors (Lipinski definition) is 2. The van der Waals surface area contributed by atoms with E-state index in [9.17, 15) is 9.90 Å². The first-order valence-electron chi connectivity index (χ1n) is 7.03. The van der Waals surface area contributed by atoms with Gasteiger partial charge in [-0.2, -0.15) is 11.3 Å². The monoisotopic (exact) mass is 397 g/mol. The summed E-state index contributed by atoms with van der Waals surface area (Å²) in [6, 6.07) is 10.3. The standard InChI is InChI=1S/C17H13Cl2NO2S2/c18-13-4-3-11(8-14(13)19)16(21)20-10-17(22,12-5-7-23-9-12)15-2-1-6-24-15/h1-9,22H,10H2,(H,20,21). The number of thiophene rings is 2. The van der Waals surface area contributed by atoms with Gasteiger partial charge in [0.25, 0.3) is 5.91 Å². The van der Waals surface area contributed by atoms with Crippen molar-refractivity contribution in [1.29, 1.82) is 0 Å². The second-order valence-electron chi connectivity index (χ2n) is 5.16. The molecule has 1 amide bonds. The summed E-state index contributed by atoms with van der Waals surface area (Å²) in [5.74, 6) is -0.321. The van der Waals surface area contributed by atoms with E-state index in [1.807, 2.05) is 34.3 Å². The predicted molar refractivity (Wildman–Crippen MR) is 100 cm³/mol. The second kappa shape index (κ2) is 7.25. The molecule has 1 atom stereocenters. The highest BCUT2D eigenvalue weighted by Crippen LogP contribution is 2.33. The van der Waals surface area contributed by atoms with Crippen LogP contribution in [0.25, 0.3) is 0 Å². The lowest BCUT2D eigenvalue weighted by molar-refractivity contribution is 0.0721. The molecule has 3 aromatic rings. The van der Waals surface area contributed by atoms with Crippen LogP contribution in [0.1, 0.15) is 20.8 Å². The third-order valence-electron chi connectivity index (χ3n) is 3.61. The Hall–Kier alpha value is -1.37. The van der Waals surface area contributed by atoms with Gasteiger partial charge in [0.15, 0.2) is 0 Å². The molecule has 0 saturated heterocycles. The largest absolute Gasteiger partial charge is 0.378 e. The number of amides is 1. The van der Waals surface area contributed by atoms with Crippen molar-refractivity contribution in [3.63, 3.8) is 0 Å². The van der Waals surface area contributed by atoms with Gasteiger partial charge in [0.2, 0.25) is 0 Å². The number of aliphatic hydroxyl groups is 1. The van der Waals surface area contributed by atoms with Crippen LogP contribution in [-0.2, 0) is 5.60 Å². The average molecular weight is 398 g/mol. The minimum Gasteiger partial charge on any atom is -0.378 e. The minimum atomic E-state index is -1.26. The van der Waals surface area contributed by atoms with Gasteiger partial charge in [-0.1, -0.05) is 29.3 Å². The smallest absolute Gasteiger partial charge is 0.251 e. The Morgan fingerprint density at radius 2 is 2.00 bits per heavy atom. The molecule has 2 heterocycles. The predicted octanol–water partition coefficient (Wildman–Crippen LogP) is 4.78. The van der Waals surface area contributed by atoms with E-state index in [1.165, 1.54) is 28.7 Å². The highest BCUT2D eigenvalue weighted by Gasteiger charge is 2.33. The molecule has 0 aliphatic carbocycles. The summed E-state index contributed by atoms with van der Waals surface area (Å²) in [6.07, 6.45) is 0. The van der Waals surface area contributed by atoms with Crippen LogP contribution in [0.5, 0.6) is 0 Å². The van der Waals surface area contributed by atoms with Crippen molar-refractivity contribution >= 4 is 51.8 Å². The highest BCUT2D eigenvalue weighted by atomic mass is 35.5. The van der Waals surface area contributed by atoms with E-state index in [4.69, 9.17) is 23.2 Å². The van der Waals surface area contributed by atoms with E-state index < -0.39 is 5.60 Å². The van der Waals surface area contributed by atoms with Crippen molar-refractivity contribution < 1.29 is 9.90 Å². The van der Waals surface area contributed by atoms with Crippen molar-refractivity contribution in [2.24, 2.45) is 0 Å². The first-order chi connectivity index (χ1) is 11.5. The molecule has 3 rings (SSSR count). The normalized spacial score (nSPS) is 13.5. The third-order valence-corrected chi connectivity index (χ3v) is 6.06. The third kappa shape index (κ3) is 3.50. The van der Waals surface area contributed by atoms with Crippen LogP contribution in [0.4, 0.5) is 0 Å². The maximum absolute atomic E-state index is 12.4. The fourth-order valence-corrected chi connectivity index (χ4v) is 4.16. The lowest BCUT2D eigenvalue weighted by atomic mass is 9.94. The van der Waals surface area contributed by atoms with Crippen LogP contribution in [0.15, 0.2) is 52.5 Å². The lowest BCUT2D eigenvalue weighted by Gasteiger charge is -2.27. The van der Waals surface area contributed by atoms with Gasteiger partial charge >= 0.3 is 0 Å². The fraction of sp³-hybridized carbons (Fsp3) is 0.118. The molecule has 2 aromatic heterocycles. The summed E-state index contributed by atoms with van der Waals surface area (Å²) in [7, 11) is 0. The molecule has 1 unspecified atom stereocenters. The summed E-state index contributed by atoms with van der Waals surface area (Å²) >= 11 is 14.8. The van der Waals surface area contributed by atoms with Gasteiger partial charge in [0, 0.05) is 16.0 Å². The van der Waals surface area contributed by atoms with Gasteiger partial charge in [-0.25, -0.2) is 0 Å². The quantitative estimate of drug-likeness (QED) is 0.650. The molecule has 24 heavy (non-hydrogen) atoms. The molecule has 7 heteroatoms. The van der Waals surface area contributed by atoms with E-state index in [0.29, 0.717) is 15.6 Å². The van der Waals surface area contributed by atoms with Gasteiger partial charge in [0.05, 0.1) is 16.6 Å². The zero-order valence-corrected chi connectivity index (χ0v) is 15.5. The molecular formula is C17H13Cl2NO2S2. The first kappa shape index (κ1) is 17.5. The van der Waals surface area contributed by atoms with Gasteiger partial charge in [0.1, 0.15) is 5.60 Å². The van der Waals surface area contributed by atoms with Crippen molar-refractivity contribution in [2.45, 2.75) is 5.60 Å². The van der Waals surface area contributed by atoms with Gasteiger partial charge in [-0.05, 0) is 46.5 Å². The van der Waals surface area contributed by atoms with Crippen molar-refractivity contribution in [3.05, 3.63) is 78.6 Å². The molecule has 0 aliphatic rings. The Labute approximate surface area is 157 Å². The summed E-state index contributed by atoms with van der Waals surface area (Å²) in [4.78, 5) is 13.1. The summed E-state index contributed by atoms with van der Waals surface area (Å²) in [5.41, 5.74) is -0.118. The molecule has 3 nitrogen and oxygen atoms in total. The summed E-state index contributed by atoms with van der Waals surface area (Å²) in [5, 5.41) is 20.3. The van der Waals surface area contributed by atoms with Gasteiger partial charge in [-0.3, -0.25) is 4.79 Å². The Kier molecular flexibility index (Phi) is 5.27.